The Kier molecular flexibility index (Phi) is 7.91. The maximum absolute atomic E-state index is 12.8. The zero-order chi connectivity index (χ0) is 25.3. The van der Waals surface area contributed by atoms with Crippen molar-refractivity contribution in [1.29, 1.82) is 0 Å². The van der Waals surface area contributed by atoms with Crippen LogP contribution in [0.1, 0.15) is 58.9 Å². The predicted molar refractivity (Wildman–Crippen MR) is 129 cm³/mol. The molecule has 2 unspecified atom stereocenters. The van der Waals surface area contributed by atoms with Gasteiger partial charge < -0.3 is 32.9 Å². The first kappa shape index (κ1) is 26.5. The Bertz CT molecular complexity index is 856. The summed E-state index contributed by atoms with van der Waals surface area (Å²) in [7, 11) is 4.50. The summed E-state index contributed by atoms with van der Waals surface area (Å²) in [6, 6.07) is 10.6. The van der Waals surface area contributed by atoms with Crippen molar-refractivity contribution < 1.29 is 37.7 Å². The largest absolute Gasteiger partial charge is 0.456 e. The fourth-order valence-electron chi connectivity index (χ4n) is 5.17. The van der Waals surface area contributed by atoms with Gasteiger partial charge in [0.25, 0.3) is 0 Å². The minimum absolute atomic E-state index is 0.242. The van der Waals surface area contributed by atoms with E-state index in [1.54, 1.807) is 0 Å². The van der Waals surface area contributed by atoms with Gasteiger partial charge in [-0.2, -0.15) is 0 Å². The number of esters is 1. The van der Waals surface area contributed by atoms with E-state index in [1.807, 2.05) is 33.8 Å². The second kappa shape index (κ2) is 10.4. The molecule has 1 aromatic carbocycles. The van der Waals surface area contributed by atoms with E-state index in [-0.39, 0.29) is 12.1 Å². The van der Waals surface area contributed by atoms with Gasteiger partial charge in [-0.05, 0) is 47.0 Å². The molecular weight excluding hydrogens is 450 g/mol. The van der Waals surface area contributed by atoms with Crippen molar-refractivity contribution in [1.82, 2.24) is 0 Å². The van der Waals surface area contributed by atoms with Crippen LogP contribution in [0.4, 0.5) is 0 Å². The first-order chi connectivity index (χ1) is 16.4. The highest BCUT2D eigenvalue weighted by atomic mass is 16.8. The lowest BCUT2D eigenvalue weighted by Gasteiger charge is -2.30. The number of carbonyl (C=O) groups is 1. The van der Waals surface area contributed by atoms with Crippen LogP contribution in [0.2, 0.25) is 0 Å². The van der Waals surface area contributed by atoms with Gasteiger partial charge in [0.15, 0.2) is 30.1 Å². The van der Waals surface area contributed by atoms with E-state index in [1.165, 1.54) is 5.56 Å². The van der Waals surface area contributed by atoms with Crippen molar-refractivity contribution in [2.24, 2.45) is 0 Å². The second-order valence-corrected chi connectivity index (χ2v) is 11.5. The van der Waals surface area contributed by atoms with Crippen LogP contribution in [0.25, 0.3) is 0 Å². The van der Waals surface area contributed by atoms with Crippen LogP contribution in [-0.4, -0.2) is 80.0 Å². The van der Waals surface area contributed by atoms with Gasteiger partial charge >= 0.3 is 5.97 Å². The van der Waals surface area contributed by atoms with Crippen molar-refractivity contribution in [3.8, 4) is 0 Å². The number of fused-ring (bicyclic) bond motifs is 1. The molecule has 8 nitrogen and oxygen atoms in total. The molecule has 3 aliphatic rings. The van der Waals surface area contributed by atoms with Crippen LogP contribution in [0.3, 0.4) is 0 Å². The molecule has 4 rings (SSSR count). The quantitative estimate of drug-likeness (QED) is 0.280. The van der Waals surface area contributed by atoms with Crippen LogP contribution < -0.4 is 0 Å². The third-order valence-electron chi connectivity index (χ3n) is 6.79. The number of ether oxygens (including phenoxy) is 6. The van der Waals surface area contributed by atoms with Gasteiger partial charge in [0.2, 0.25) is 0 Å². The summed E-state index contributed by atoms with van der Waals surface area (Å²) >= 11 is 0. The van der Waals surface area contributed by atoms with Gasteiger partial charge in [-0.25, -0.2) is 0 Å². The summed E-state index contributed by atoms with van der Waals surface area (Å²) < 4.78 is 36.6. The molecule has 8 heteroatoms. The third kappa shape index (κ3) is 7.02. The van der Waals surface area contributed by atoms with Crippen LogP contribution in [-0.2, 0) is 39.8 Å². The standard InChI is InChI=1S/C27H42NO7/c1-26(2)30-18-20(33-26)22-23(24-25(32-22)35-27(3,4)34-24)31-21(29)15-11-8-12-16-28(5,6)17-19-13-9-7-10-14-19/h7,9-10,13-14,20,22-25H,8,11-12,15-18H2,1-6H3/q+1/t20-,22?,23?,24-,25-/m1/s1. The van der Waals surface area contributed by atoms with E-state index in [4.69, 9.17) is 28.4 Å². The highest BCUT2D eigenvalue weighted by molar-refractivity contribution is 5.69. The normalized spacial score (nSPS) is 31.4. The molecule has 0 amide bonds. The number of hydrogen-bond donors (Lipinski definition) is 0. The summed E-state index contributed by atoms with van der Waals surface area (Å²) in [4.78, 5) is 12.8. The molecule has 5 atom stereocenters. The smallest absolute Gasteiger partial charge is 0.306 e. The predicted octanol–water partition coefficient (Wildman–Crippen LogP) is 3.76. The Morgan fingerprint density at radius 3 is 2.40 bits per heavy atom. The molecule has 0 saturated carbocycles. The summed E-state index contributed by atoms with van der Waals surface area (Å²) in [5.74, 6) is -1.73. The second-order valence-electron chi connectivity index (χ2n) is 11.5. The maximum Gasteiger partial charge on any atom is 0.306 e. The minimum Gasteiger partial charge on any atom is -0.456 e. The van der Waals surface area contributed by atoms with Gasteiger partial charge in [0.05, 0.1) is 27.2 Å². The molecule has 0 aliphatic carbocycles. The van der Waals surface area contributed by atoms with Gasteiger partial charge in [-0.1, -0.05) is 30.3 Å². The number of nitrogens with zero attached hydrogens (tertiary/aromatic N) is 1. The lowest BCUT2D eigenvalue weighted by Crippen LogP contribution is -2.45. The molecule has 3 aliphatic heterocycles. The first-order valence-corrected chi connectivity index (χ1v) is 12.8. The van der Waals surface area contributed by atoms with Crippen LogP contribution in [0.15, 0.2) is 30.3 Å². The fraction of sp³-hybridized carbons (Fsp3) is 0.741. The zero-order valence-electron chi connectivity index (χ0n) is 22.0. The summed E-state index contributed by atoms with van der Waals surface area (Å²) in [5.41, 5.74) is 1.34. The van der Waals surface area contributed by atoms with E-state index in [2.05, 4.69) is 38.4 Å². The van der Waals surface area contributed by atoms with Crippen molar-refractivity contribution in [3.05, 3.63) is 35.9 Å². The van der Waals surface area contributed by atoms with Gasteiger partial charge in [-0.15, -0.1) is 0 Å². The lowest BCUT2D eigenvalue weighted by atomic mass is 10.1. The molecule has 1 aromatic rings. The molecule has 35 heavy (non-hydrogen) atoms. The molecular formula is C27H42NO7+. The minimum atomic E-state index is -0.790. The van der Waals surface area contributed by atoms with Crippen molar-refractivity contribution in [2.75, 3.05) is 27.2 Å². The average Bonchev–Trinajstić information content (AvgIpc) is 3.37. The fourth-order valence-corrected chi connectivity index (χ4v) is 5.17. The van der Waals surface area contributed by atoms with E-state index in [0.717, 1.165) is 36.8 Å². The zero-order valence-corrected chi connectivity index (χ0v) is 22.0. The molecule has 3 fully saturated rings. The Labute approximate surface area is 209 Å². The van der Waals surface area contributed by atoms with E-state index in [0.29, 0.717) is 13.0 Å². The van der Waals surface area contributed by atoms with Gasteiger partial charge in [-0.3, -0.25) is 4.79 Å². The molecule has 0 spiro atoms. The highest BCUT2D eigenvalue weighted by Crippen LogP contribution is 2.42. The Morgan fingerprint density at radius 2 is 1.71 bits per heavy atom. The number of carbonyl (C=O) groups excluding carboxylic acids is 1. The molecule has 196 valence electrons. The Hall–Kier alpha value is -1.55. The van der Waals surface area contributed by atoms with Crippen LogP contribution >= 0.6 is 0 Å². The first-order valence-electron chi connectivity index (χ1n) is 12.8. The number of hydrogen-bond acceptors (Lipinski definition) is 7. The SMILES string of the molecule is CC1(C)O[C@H]2OC([C@H]3COC(C)(C)O3)C(OC(=O)CCCCC[N+](C)(C)Cc3ccccc3)[C@H]2O1. The highest BCUT2D eigenvalue weighted by Gasteiger charge is 2.60. The number of rotatable bonds is 10. The Balaban J connectivity index is 1.24. The van der Waals surface area contributed by atoms with Crippen molar-refractivity contribution >= 4 is 5.97 Å². The van der Waals surface area contributed by atoms with Crippen molar-refractivity contribution in [3.63, 3.8) is 0 Å². The molecule has 0 N–H and O–H groups in total. The van der Waals surface area contributed by atoms with Crippen LogP contribution in [0.5, 0.6) is 0 Å². The Morgan fingerprint density at radius 1 is 0.971 bits per heavy atom. The topological polar surface area (TPSA) is 72.5 Å². The molecule has 0 bridgehead atoms. The van der Waals surface area contributed by atoms with Gasteiger partial charge in [0, 0.05) is 12.0 Å². The van der Waals surface area contributed by atoms with E-state index < -0.39 is 36.2 Å². The summed E-state index contributed by atoms with van der Waals surface area (Å²) in [6.07, 6.45) is 0.657. The summed E-state index contributed by atoms with van der Waals surface area (Å²) in [6.45, 7) is 9.81. The number of quaternary nitrogens is 1. The monoisotopic (exact) mass is 492 g/mol. The average molecular weight is 493 g/mol. The van der Waals surface area contributed by atoms with Crippen molar-refractivity contribution in [2.45, 2.75) is 102 Å². The third-order valence-corrected chi connectivity index (χ3v) is 6.79. The molecule has 3 heterocycles. The summed E-state index contributed by atoms with van der Waals surface area (Å²) in [5, 5.41) is 0. The van der Waals surface area contributed by atoms with E-state index in [9.17, 15) is 4.79 Å². The van der Waals surface area contributed by atoms with Crippen LogP contribution in [0, 0.1) is 0 Å². The number of benzene rings is 1. The van der Waals surface area contributed by atoms with Gasteiger partial charge in [0.1, 0.15) is 18.8 Å². The number of unbranched alkanes of at least 4 members (excludes halogenated alkanes) is 2. The van der Waals surface area contributed by atoms with E-state index >= 15 is 0 Å². The molecule has 0 radical (unpaired) electrons. The molecule has 0 aromatic heterocycles. The maximum atomic E-state index is 12.8. The molecule has 3 saturated heterocycles. The lowest BCUT2D eigenvalue weighted by molar-refractivity contribution is -0.903.